The first-order valence-corrected chi connectivity index (χ1v) is 5.74. The molecule has 8 heteroatoms. The SMILES string of the molecule is O=c1[nH]c2cc([N+](=O)[O-])c3c(c2[nH]c1=O)CNCC3. The average Bonchev–Trinajstić information content (AvgIpc) is 2.39. The van der Waals surface area contributed by atoms with Gasteiger partial charge in [0.05, 0.1) is 16.0 Å². The van der Waals surface area contributed by atoms with Crippen molar-refractivity contribution in [2.75, 3.05) is 6.54 Å². The zero-order valence-corrected chi connectivity index (χ0v) is 9.78. The first-order valence-electron chi connectivity index (χ1n) is 5.74. The maximum absolute atomic E-state index is 11.4. The third-order valence-corrected chi connectivity index (χ3v) is 3.27. The van der Waals surface area contributed by atoms with E-state index < -0.39 is 16.0 Å². The number of nitro benzene ring substituents is 1. The van der Waals surface area contributed by atoms with Crippen molar-refractivity contribution in [2.45, 2.75) is 13.0 Å². The number of rotatable bonds is 1. The van der Waals surface area contributed by atoms with Gasteiger partial charge in [-0.1, -0.05) is 0 Å². The molecule has 0 saturated heterocycles. The van der Waals surface area contributed by atoms with Gasteiger partial charge in [-0.05, 0) is 13.0 Å². The minimum absolute atomic E-state index is 0.0216. The van der Waals surface area contributed by atoms with E-state index in [9.17, 15) is 19.7 Å². The van der Waals surface area contributed by atoms with Gasteiger partial charge in [0.25, 0.3) is 5.69 Å². The number of hydrogen-bond donors (Lipinski definition) is 3. The lowest BCUT2D eigenvalue weighted by atomic mass is 9.97. The topological polar surface area (TPSA) is 121 Å². The summed E-state index contributed by atoms with van der Waals surface area (Å²) in [5, 5.41) is 14.2. The van der Waals surface area contributed by atoms with E-state index in [0.29, 0.717) is 36.2 Å². The molecule has 0 bridgehead atoms. The maximum Gasteiger partial charge on any atom is 0.314 e. The highest BCUT2D eigenvalue weighted by Crippen LogP contribution is 2.30. The summed E-state index contributed by atoms with van der Waals surface area (Å²) in [6.07, 6.45) is 0.517. The number of fused-ring (bicyclic) bond motifs is 3. The van der Waals surface area contributed by atoms with E-state index in [4.69, 9.17) is 0 Å². The van der Waals surface area contributed by atoms with Crippen LogP contribution in [-0.4, -0.2) is 21.4 Å². The molecule has 1 aliphatic heterocycles. The number of benzene rings is 1. The van der Waals surface area contributed by atoms with Crippen molar-refractivity contribution < 1.29 is 4.92 Å². The number of hydrogen-bond acceptors (Lipinski definition) is 5. The summed E-state index contributed by atoms with van der Waals surface area (Å²) in [6, 6.07) is 1.30. The van der Waals surface area contributed by atoms with Gasteiger partial charge in [-0.25, -0.2) is 0 Å². The molecule has 0 unspecified atom stereocenters. The fourth-order valence-electron chi connectivity index (χ4n) is 2.42. The highest BCUT2D eigenvalue weighted by Gasteiger charge is 2.24. The number of nitrogens with zero attached hydrogens (tertiary/aromatic N) is 1. The van der Waals surface area contributed by atoms with Gasteiger partial charge in [-0.2, -0.15) is 0 Å². The molecule has 19 heavy (non-hydrogen) atoms. The summed E-state index contributed by atoms with van der Waals surface area (Å²) in [7, 11) is 0. The minimum Gasteiger partial charge on any atom is -0.316 e. The first-order chi connectivity index (χ1) is 9.08. The normalized spacial score (nSPS) is 14.3. The molecule has 0 spiro atoms. The van der Waals surface area contributed by atoms with Crippen LogP contribution in [0.3, 0.4) is 0 Å². The molecule has 0 atom stereocenters. The van der Waals surface area contributed by atoms with Crippen LogP contribution >= 0.6 is 0 Å². The summed E-state index contributed by atoms with van der Waals surface area (Å²) in [4.78, 5) is 38.2. The van der Waals surface area contributed by atoms with Crippen LogP contribution in [0.1, 0.15) is 11.1 Å². The predicted octanol–water partition coefficient (Wildman–Crippen LogP) is -0.230. The lowest BCUT2D eigenvalue weighted by Gasteiger charge is -2.18. The molecule has 1 aromatic heterocycles. The second-order valence-corrected chi connectivity index (χ2v) is 4.37. The van der Waals surface area contributed by atoms with Crippen molar-refractivity contribution in [2.24, 2.45) is 0 Å². The Labute approximate surface area is 105 Å². The third kappa shape index (κ3) is 1.73. The Hall–Kier alpha value is -2.48. The van der Waals surface area contributed by atoms with Gasteiger partial charge >= 0.3 is 11.1 Å². The van der Waals surface area contributed by atoms with Crippen LogP contribution in [0.5, 0.6) is 0 Å². The summed E-state index contributed by atoms with van der Waals surface area (Å²) in [5.41, 5.74) is 0.422. The van der Waals surface area contributed by atoms with E-state index in [-0.39, 0.29) is 11.2 Å². The molecule has 3 rings (SSSR count). The van der Waals surface area contributed by atoms with Gasteiger partial charge in [0.1, 0.15) is 0 Å². The predicted molar refractivity (Wildman–Crippen MR) is 67.3 cm³/mol. The molecule has 8 nitrogen and oxygen atoms in total. The van der Waals surface area contributed by atoms with E-state index in [0.717, 1.165) is 0 Å². The van der Waals surface area contributed by atoms with E-state index in [2.05, 4.69) is 15.3 Å². The molecule has 2 aromatic rings. The van der Waals surface area contributed by atoms with Crippen LogP contribution in [0.25, 0.3) is 11.0 Å². The Kier molecular flexibility index (Phi) is 2.46. The average molecular weight is 262 g/mol. The number of H-pyrrole nitrogens is 2. The van der Waals surface area contributed by atoms with Gasteiger partial charge < -0.3 is 15.3 Å². The molecule has 0 aliphatic carbocycles. The molecule has 0 amide bonds. The van der Waals surface area contributed by atoms with Crippen molar-refractivity contribution in [3.05, 3.63) is 48.0 Å². The summed E-state index contributed by atoms with van der Waals surface area (Å²) >= 11 is 0. The summed E-state index contributed by atoms with van der Waals surface area (Å²) in [5.74, 6) is 0. The molecule has 3 N–H and O–H groups in total. The van der Waals surface area contributed by atoms with Crippen molar-refractivity contribution in [3.8, 4) is 0 Å². The van der Waals surface area contributed by atoms with Crippen molar-refractivity contribution in [1.82, 2.24) is 15.3 Å². The molecule has 98 valence electrons. The van der Waals surface area contributed by atoms with Crippen LogP contribution in [0.4, 0.5) is 5.69 Å². The Morgan fingerprint density at radius 2 is 1.89 bits per heavy atom. The molecule has 2 heterocycles. The Bertz CT molecular complexity index is 805. The van der Waals surface area contributed by atoms with Crippen LogP contribution < -0.4 is 16.4 Å². The monoisotopic (exact) mass is 262 g/mol. The Balaban J connectivity index is 2.47. The molecule has 1 aromatic carbocycles. The van der Waals surface area contributed by atoms with E-state index in [1.165, 1.54) is 6.07 Å². The quantitative estimate of drug-likeness (QED) is 0.372. The number of nitro groups is 1. The highest BCUT2D eigenvalue weighted by molar-refractivity contribution is 5.83. The van der Waals surface area contributed by atoms with Crippen LogP contribution in [0, 0.1) is 10.1 Å². The standard InChI is InChI=1S/C11H10N4O4/c16-10-11(17)14-9-6-4-12-2-1-5(6)8(15(18)19)3-7(9)13-10/h3,12H,1-2,4H2,(H,13,16)(H,14,17). The van der Waals surface area contributed by atoms with E-state index in [1.54, 1.807) is 0 Å². The molecule has 0 fully saturated rings. The van der Waals surface area contributed by atoms with Gasteiger partial charge in [-0.15, -0.1) is 0 Å². The fraction of sp³-hybridized carbons (Fsp3) is 0.273. The van der Waals surface area contributed by atoms with Gasteiger partial charge in [0.2, 0.25) is 0 Å². The van der Waals surface area contributed by atoms with Crippen LogP contribution in [-0.2, 0) is 13.0 Å². The summed E-state index contributed by atoms with van der Waals surface area (Å²) in [6.45, 7) is 1.07. The third-order valence-electron chi connectivity index (χ3n) is 3.27. The minimum atomic E-state index is -0.814. The molecular weight excluding hydrogens is 252 g/mol. The zero-order valence-electron chi connectivity index (χ0n) is 9.78. The number of aromatic nitrogens is 2. The molecular formula is C11H10N4O4. The maximum atomic E-state index is 11.4. The van der Waals surface area contributed by atoms with Crippen molar-refractivity contribution in [1.29, 1.82) is 0 Å². The molecule has 0 radical (unpaired) electrons. The molecule has 1 aliphatic rings. The smallest absolute Gasteiger partial charge is 0.314 e. The zero-order chi connectivity index (χ0) is 13.6. The first kappa shape index (κ1) is 11.6. The molecule has 0 saturated carbocycles. The van der Waals surface area contributed by atoms with Crippen LogP contribution in [0.15, 0.2) is 15.7 Å². The Morgan fingerprint density at radius 1 is 1.16 bits per heavy atom. The highest BCUT2D eigenvalue weighted by atomic mass is 16.6. The van der Waals surface area contributed by atoms with E-state index in [1.807, 2.05) is 0 Å². The second kappa shape index (κ2) is 4.02. The van der Waals surface area contributed by atoms with Crippen molar-refractivity contribution >= 4 is 16.7 Å². The van der Waals surface area contributed by atoms with Gasteiger partial charge in [-0.3, -0.25) is 19.7 Å². The van der Waals surface area contributed by atoms with Crippen molar-refractivity contribution in [3.63, 3.8) is 0 Å². The Morgan fingerprint density at radius 3 is 2.63 bits per heavy atom. The fourth-order valence-corrected chi connectivity index (χ4v) is 2.42. The summed E-state index contributed by atoms with van der Waals surface area (Å²) < 4.78 is 0. The van der Waals surface area contributed by atoms with Crippen LogP contribution in [0.2, 0.25) is 0 Å². The number of nitrogens with one attached hydrogen (secondary N) is 3. The lowest BCUT2D eigenvalue weighted by molar-refractivity contribution is -0.385. The largest absolute Gasteiger partial charge is 0.316 e. The van der Waals surface area contributed by atoms with E-state index >= 15 is 0 Å². The lowest BCUT2D eigenvalue weighted by Crippen LogP contribution is -2.31. The number of aromatic amines is 2. The van der Waals surface area contributed by atoms with Gasteiger partial charge in [0.15, 0.2) is 0 Å². The second-order valence-electron chi connectivity index (χ2n) is 4.37. The van der Waals surface area contributed by atoms with Gasteiger partial charge in [0, 0.05) is 23.7 Å².